The first-order valence-corrected chi connectivity index (χ1v) is 9.19. The van der Waals surface area contributed by atoms with E-state index >= 15 is 0 Å². The van der Waals surface area contributed by atoms with Crippen LogP contribution in [0.1, 0.15) is 41.6 Å². The molecule has 0 spiro atoms. The lowest BCUT2D eigenvalue weighted by atomic mass is 10.0. The molecule has 0 aliphatic carbocycles. The van der Waals surface area contributed by atoms with E-state index < -0.39 is 0 Å². The predicted octanol–water partition coefficient (Wildman–Crippen LogP) is 5.20. The maximum Gasteiger partial charge on any atom is 0.0379 e. The van der Waals surface area contributed by atoms with Gasteiger partial charge in [-0.2, -0.15) is 0 Å². The third kappa shape index (κ3) is 4.30. The van der Waals surface area contributed by atoms with Crippen molar-refractivity contribution in [3.63, 3.8) is 0 Å². The van der Waals surface area contributed by atoms with Crippen molar-refractivity contribution in [1.82, 2.24) is 5.32 Å². The Morgan fingerprint density at radius 1 is 1.10 bits per heavy atom. The van der Waals surface area contributed by atoms with E-state index in [0.29, 0.717) is 6.04 Å². The second-order valence-electron chi connectivity index (χ2n) is 4.95. The highest BCUT2D eigenvalue weighted by atomic mass is 127. The average Bonchev–Trinajstić information content (AvgIpc) is 2.92. The van der Waals surface area contributed by atoms with Gasteiger partial charge in [0.05, 0.1) is 0 Å². The molecule has 0 saturated carbocycles. The summed E-state index contributed by atoms with van der Waals surface area (Å²) >= 11 is 4.40. The first-order chi connectivity index (χ1) is 9.74. The van der Waals surface area contributed by atoms with Crippen molar-refractivity contribution in [1.29, 1.82) is 0 Å². The van der Waals surface area contributed by atoms with Gasteiger partial charge in [0.15, 0.2) is 0 Å². The number of nitrogens with one attached hydrogen (secondary N) is 1. The largest absolute Gasteiger partial charge is 0.310 e. The second kappa shape index (κ2) is 8.15. The number of aryl methyl sites for hydroxylation is 1. The Hall–Kier alpha value is -0.390. The second-order valence-corrected chi connectivity index (χ2v) is 7.37. The quantitative estimate of drug-likeness (QED) is 0.632. The van der Waals surface area contributed by atoms with Crippen LogP contribution in [0.3, 0.4) is 0 Å². The molecule has 2 rings (SSSR count). The third-order valence-corrected chi connectivity index (χ3v) is 5.63. The van der Waals surface area contributed by atoms with Crippen LogP contribution in [-0.4, -0.2) is 6.54 Å². The Morgan fingerprint density at radius 3 is 2.50 bits per heavy atom. The van der Waals surface area contributed by atoms with E-state index in [1.807, 2.05) is 11.3 Å². The zero-order valence-corrected chi connectivity index (χ0v) is 15.1. The molecule has 0 radical (unpaired) electrons. The summed E-state index contributed by atoms with van der Waals surface area (Å²) in [4.78, 5) is 2.96. The third-order valence-electron chi connectivity index (χ3n) is 3.39. The number of halogens is 1. The summed E-state index contributed by atoms with van der Waals surface area (Å²) in [6.45, 7) is 5.52. The van der Waals surface area contributed by atoms with E-state index in [2.05, 4.69) is 78.2 Å². The van der Waals surface area contributed by atoms with Gasteiger partial charge in [-0.1, -0.05) is 32.0 Å². The van der Waals surface area contributed by atoms with Crippen LogP contribution < -0.4 is 5.32 Å². The predicted molar refractivity (Wildman–Crippen MR) is 97.6 cm³/mol. The Bertz CT molecular complexity index is 535. The Balaban J connectivity index is 2.17. The van der Waals surface area contributed by atoms with Crippen LogP contribution in [0.4, 0.5) is 0 Å². The molecule has 1 aromatic heterocycles. The van der Waals surface area contributed by atoms with Gasteiger partial charge in [-0.25, -0.2) is 0 Å². The molecule has 2 aromatic rings. The first kappa shape index (κ1) is 16.0. The molecular weight excluding hydrogens is 377 g/mol. The van der Waals surface area contributed by atoms with Crippen molar-refractivity contribution in [2.45, 2.75) is 39.2 Å². The molecule has 1 nitrogen and oxygen atoms in total. The maximum absolute atomic E-state index is 3.70. The van der Waals surface area contributed by atoms with Crippen molar-refractivity contribution in [2.75, 3.05) is 6.54 Å². The molecule has 0 aliphatic heterocycles. The van der Waals surface area contributed by atoms with Crippen LogP contribution in [0, 0.1) is 3.57 Å². The SMILES string of the molecule is CCCNC(Cc1ccc(CC)s1)c1ccccc1I. The van der Waals surface area contributed by atoms with Crippen molar-refractivity contribution in [2.24, 2.45) is 0 Å². The van der Waals surface area contributed by atoms with Gasteiger partial charge in [-0.3, -0.25) is 0 Å². The Labute approximate surface area is 139 Å². The van der Waals surface area contributed by atoms with Crippen molar-refractivity contribution in [3.8, 4) is 0 Å². The topological polar surface area (TPSA) is 12.0 Å². The summed E-state index contributed by atoms with van der Waals surface area (Å²) in [6.07, 6.45) is 3.40. The number of rotatable bonds is 7. The average molecular weight is 399 g/mol. The molecule has 0 saturated heterocycles. The summed E-state index contributed by atoms with van der Waals surface area (Å²) in [7, 11) is 0. The summed E-state index contributed by atoms with van der Waals surface area (Å²) in [5.74, 6) is 0. The van der Waals surface area contributed by atoms with Crippen LogP contribution in [-0.2, 0) is 12.8 Å². The van der Waals surface area contributed by atoms with E-state index in [0.717, 1.165) is 19.4 Å². The zero-order chi connectivity index (χ0) is 14.4. The van der Waals surface area contributed by atoms with E-state index in [9.17, 15) is 0 Å². The number of benzene rings is 1. The minimum absolute atomic E-state index is 0.423. The molecule has 1 unspecified atom stereocenters. The molecule has 1 atom stereocenters. The van der Waals surface area contributed by atoms with Crippen molar-refractivity contribution in [3.05, 3.63) is 55.3 Å². The van der Waals surface area contributed by atoms with Gasteiger partial charge in [-0.15, -0.1) is 11.3 Å². The fraction of sp³-hybridized carbons (Fsp3) is 0.412. The molecule has 20 heavy (non-hydrogen) atoms. The van der Waals surface area contributed by atoms with E-state index in [4.69, 9.17) is 0 Å². The van der Waals surface area contributed by atoms with Gasteiger partial charge in [0.2, 0.25) is 0 Å². The normalized spacial score (nSPS) is 12.6. The Kier molecular flexibility index (Phi) is 6.52. The maximum atomic E-state index is 3.70. The highest BCUT2D eigenvalue weighted by Crippen LogP contribution is 2.27. The summed E-state index contributed by atoms with van der Waals surface area (Å²) in [5, 5.41) is 3.70. The summed E-state index contributed by atoms with van der Waals surface area (Å²) in [5.41, 5.74) is 1.42. The summed E-state index contributed by atoms with van der Waals surface area (Å²) in [6, 6.07) is 13.7. The van der Waals surface area contributed by atoms with Crippen molar-refractivity contribution < 1.29 is 0 Å². The monoisotopic (exact) mass is 399 g/mol. The lowest BCUT2D eigenvalue weighted by Gasteiger charge is -2.19. The van der Waals surface area contributed by atoms with Gasteiger partial charge >= 0.3 is 0 Å². The zero-order valence-electron chi connectivity index (χ0n) is 12.2. The number of thiophene rings is 1. The highest BCUT2D eigenvalue weighted by molar-refractivity contribution is 14.1. The minimum Gasteiger partial charge on any atom is -0.310 e. The van der Waals surface area contributed by atoms with Crippen LogP contribution in [0.25, 0.3) is 0 Å². The smallest absolute Gasteiger partial charge is 0.0379 e. The lowest BCUT2D eigenvalue weighted by Crippen LogP contribution is -2.24. The number of hydrogen-bond donors (Lipinski definition) is 1. The van der Waals surface area contributed by atoms with Crippen LogP contribution in [0.15, 0.2) is 36.4 Å². The molecule has 108 valence electrons. The Morgan fingerprint density at radius 2 is 1.85 bits per heavy atom. The van der Waals surface area contributed by atoms with Gasteiger partial charge < -0.3 is 5.32 Å². The van der Waals surface area contributed by atoms with Gasteiger partial charge in [0.1, 0.15) is 0 Å². The molecule has 3 heteroatoms. The molecule has 0 fully saturated rings. The molecule has 1 N–H and O–H groups in total. The first-order valence-electron chi connectivity index (χ1n) is 7.30. The fourth-order valence-corrected chi connectivity index (χ4v) is 4.06. The van der Waals surface area contributed by atoms with Gasteiger partial charge in [0.25, 0.3) is 0 Å². The van der Waals surface area contributed by atoms with Gasteiger partial charge in [0, 0.05) is 25.8 Å². The molecule has 1 heterocycles. The van der Waals surface area contributed by atoms with E-state index in [1.165, 1.54) is 25.3 Å². The molecule has 0 aliphatic rings. The van der Waals surface area contributed by atoms with Crippen LogP contribution >= 0.6 is 33.9 Å². The highest BCUT2D eigenvalue weighted by Gasteiger charge is 2.15. The minimum atomic E-state index is 0.423. The molecule has 0 amide bonds. The van der Waals surface area contributed by atoms with Crippen LogP contribution in [0.2, 0.25) is 0 Å². The summed E-state index contributed by atoms with van der Waals surface area (Å²) < 4.78 is 1.35. The van der Waals surface area contributed by atoms with E-state index in [1.54, 1.807) is 0 Å². The van der Waals surface area contributed by atoms with Gasteiger partial charge in [-0.05, 0) is 65.7 Å². The standard InChI is InChI=1S/C17H22INS/c1-3-11-19-17(15-7-5-6-8-16(15)18)12-14-10-9-13(4-2)20-14/h5-10,17,19H,3-4,11-12H2,1-2H3. The van der Waals surface area contributed by atoms with E-state index in [-0.39, 0.29) is 0 Å². The van der Waals surface area contributed by atoms with Crippen molar-refractivity contribution >= 4 is 33.9 Å². The fourth-order valence-electron chi connectivity index (χ4n) is 2.29. The lowest BCUT2D eigenvalue weighted by molar-refractivity contribution is 0.530. The molecule has 1 aromatic carbocycles. The molecule has 0 bridgehead atoms. The molecular formula is C17H22INS. The number of hydrogen-bond acceptors (Lipinski definition) is 2. The van der Waals surface area contributed by atoms with Crippen LogP contribution in [0.5, 0.6) is 0 Å².